The molecule has 0 aliphatic carbocycles. The van der Waals surface area contributed by atoms with E-state index in [-0.39, 0.29) is 6.42 Å². The Morgan fingerprint density at radius 2 is 1.22 bits per heavy atom. The first-order chi connectivity index (χ1) is 13.0. The number of carboxylic acids is 2. The van der Waals surface area contributed by atoms with E-state index in [1.165, 1.54) is 0 Å². The van der Waals surface area contributed by atoms with Crippen LogP contribution in [-0.2, 0) is 19.1 Å². The molecule has 0 aromatic heterocycles. The van der Waals surface area contributed by atoms with Gasteiger partial charge in [-0.15, -0.1) is 0 Å². The lowest BCUT2D eigenvalue weighted by Gasteiger charge is -2.29. The number of hydrogen-bond acceptors (Lipinski definition) is 4. The van der Waals surface area contributed by atoms with Crippen LogP contribution in [0.15, 0.2) is 0 Å². The molecule has 0 fully saturated rings. The van der Waals surface area contributed by atoms with Gasteiger partial charge in [-0.05, 0) is 38.5 Å². The maximum Gasteiger partial charge on any atom is 0.309 e. The predicted octanol–water partition coefficient (Wildman–Crippen LogP) is 4.90. The van der Waals surface area contributed by atoms with Crippen LogP contribution in [-0.4, -0.2) is 48.6 Å². The Bertz CT molecular complexity index is 369. The predicted molar refractivity (Wildman–Crippen MR) is 106 cm³/mol. The van der Waals surface area contributed by atoms with Gasteiger partial charge < -0.3 is 19.7 Å². The van der Waals surface area contributed by atoms with Crippen molar-refractivity contribution in [1.82, 2.24) is 0 Å². The van der Waals surface area contributed by atoms with Gasteiger partial charge in [-0.1, -0.05) is 46.0 Å². The van der Waals surface area contributed by atoms with Crippen molar-refractivity contribution < 1.29 is 29.3 Å². The highest BCUT2D eigenvalue weighted by atomic mass is 16.5. The van der Waals surface area contributed by atoms with Crippen molar-refractivity contribution in [2.75, 3.05) is 26.4 Å². The van der Waals surface area contributed by atoms with E-state index in [0.29, 0.717) is 52.1 Å². The molecule has 2 N–H and O–H groups in total. The highest BCUT2D eigenvalue weighted by Gasteiger charge is 2.37. The van der Waals surface area contributed by atoms with Gasteiger partial charge in [0.25, 0.3) is 0 Å². The van der Waals surface area contributed by atoms with E-state index in [0.717, 1.165) is 44.9 Å². The minimum absolute atomic E-state index is 0.181. The van der Waals surface area contributed by atoms with Crippen LogP contribution in [0, 0.1) is 5.41 Å². The summed E-state index contributed by atoms with van der Waals surface area (Å²) in [6, 6.07) is 0. The lowest BCUT2D eigenvalue weighted by molar-refractivity contribution is -0.152. The lowest BCUT2D eigenvalue weighted by Crippen LogP contribution is -2.34. The monoisotopic (exact) mass is 388 g/mol. The van der Waals surface area contributed by atoms with Crippen molar-refractivity contribution in [2.24, 2.45) is 5.41 Å². The third-order valence-electron chi connectivity index (χ3n) is 4.98. The largest absolute Gasteiger partial charge is 0.481 e. The summed E-state index contributed by atoms with van der Waals surface area (Å²) in [5, 5.41) is 18.6. The van der Waals surface area contributed by atoms with E-state index < -0.39 is 17.4 Å². The van der Waals surface area contributed by atoms with Crippen LogP contribution in [0.1, 0.15) is 90.9 Å². The summed E-state index contributed by atoms with van der Waals surface area (Å²) in [6.07, 6.45) is 8.98. The van der Waals surface area contributed by atoms with Gasteiger partial charge in [-0.3, -0.25) is 9.59 Å². The van der Waals surface area contributed by atoms with Gasteiger partial charge in [0.1, 0.15) is 0 Å². The second kappa shape index (κ2) is 17.0. The summed E-state index contributed by atoms with van der Waals surface area (Å²) in [7, 11) is 0. The third-order valence-corrected chi connectivity index (χ3v) is 4.98. The molecule has 0 aliphatic rings. The topological polar surface area (TPSA) is 93.1 Å². The van der Waals surface area contributed by atoms with Crippen molar-refractivity contribution in [3.63, 3.8) is 0 Å². The zero-order valence-corrected chi connectivity index (χ0v) is 17.3. The fourth-order valence-corrected chi connectivity index (χ4v) is 3.02. The van der Waals surface area contributed by atoms with Crippen molar-refractivity contribution in [1.29, 1.82) is 0 Å². The second-order valence-electron chi connectivity index (χ2n) is 7.33. The number of ether oxygens (including phenoxy) is 2. The number of unbranched alkanes of at least 4 members (excludes halogenated alkanes) is 5. The normalized spacial score (nSPS) is 11.6. The highest BCUT2D eigenvalue weighted by Crippen LogP contribution is 2.34. The molecule has 6 heteroatoms. The Morgan fingerprint density at radius 3 is 1.67 bits per heavy atom. The minimum atomic E-state index is -0.814. The van der Waals surface area contributed by atoms with E-state index in [1.54, 1.807) is 0 Å². The molecule has 27 heavy (non-hydrogen) atoms. The molecule has 0 atom stereocenters. The van der Waals surface area contributed by atoms with Crippen LogP contribution in [0.3, 0.4) is 0 Å². The first-order valence-electron chi connectivity index (χ1n) is 10.6. The molecule has 0 saturated carbocycles. The Balaban J connectivity index is 4.51. The maximum atomic E-state index is 12.1. The first-order valence-corrected chi connectivity index (χ1v) is 10.6. The van der Waals surface area contributed by atoms with Crippen molar-refractivity contribution in [2.45, 2.75) is 90.9 Å². The summed E-state index contributed by atoms with van der Waals surface area (Å²) in [4.78, 5) is 22.6. The maximum absolute atomic E-state index is 12.1. The summed E-state index contributed by atoms with van der Waals surface area (Å²) in [6.45, 7) is 6.47. The second-order valence-corrected chi connectivity index (χ2v) is 7.33. The smallest absolute Gasteiger partial charge is 0.309 e. The van der Waals surface area contributed by atoms with Crippen LogP contribution in [0.5, 0.6) is 0 Å². The molecule has 6 nitrogen and oxygen atoms in total. The van der Waals surface area contributed by atoms with E-state index in [9.17, 15) is 14.7 Å². The molecule has 0 spiro atoms. The molecule has 0 radical (unpaired) electrons. The molecule has 0 aromatic carbocycles. The third kappa shape index (κ3) is 13.6. The number of carboxylic acid groups (broad SMARTS) is 2. The van der Waals surface area contributed by atoms with Gasteiger partial charge >= 0.3 is 11.9 Å². The van der Waals surface area contributed by atoms with Crippen molar-refractivity contribution >= 4 is 11.9 Å². The first kappa shape index (κ1) is 25.9. The molecule has 0 amide bonds. The van der Waals surface area contributed by atoms with Crippen LogP contribution >= 0.6 is 0 Å². The summed E-state index contributed by atoms with van der Waals surface area (Å²) in [5.74, 6) is -1.55. The lowest BCUT2D eigenvalue weighted by atomic mass is 9.77. The van der Waals surface area contributed by atoms with Gasteiger partial charge in [-0.25, -0.2) is 0 Å². The molecule has 0 aromatic rings. The molecule has 0 unspecified atom stereocenters. The number of hydrogen-bond donors (Lipinski definition) is 2. The Kier molecular flexibility index (Phi) is 16.3. The molecule has 0 rings (SSSR count). The SMILES string of the molecule is CCCCOCCC(CCCCCCC(=O)O)(CCOCCCC)C(=O)O. The molecule has 0 saturated heterocycles. The average Bonchev–Trinajstić information content (AvgIpc) is 2.63. The molecule has 0 bridgehead atoms. The molecule has 0 heterocycles. The molecular formula is C21H40O6. The fraction of sp³-hybridized carbons (Fsp3) is 0.905. The van der Waals surface area contributed by atoms with E-state index in [1.807, 2.05) is 0 Å². The van der Waals surface area contributed by atoms with E-state index in [4.69, 9.17) is 14.6 Å². The Morgan fingerprint density at radius 1 is 0.704 bits per heavy atom. The Labute approximate surface area is 164 Å². The van der Waals surface area contributed by atoms with Gasteiger partial charge in [0.2, 0.25) is 0 Å². The number of rotatable bonds is 20. The van der Waals surface area contributed by atoms with Crippen LogP contribution < -0.4 is 0 Å². The van der Waals surface area contributed by atoms with Gasteiger partial charge in [0, 0.05) is 32.8 Å². The summed E-state index contributed by atoms with van der Waals surface area (Å²) >= 11 is 0. The van der Waals surface area contributed by atoms with Crippen molar-refractivity contribution in [3.8, 4) is 0 Å². The van der Waals surface area contributed by atoms with Crippen LogP contribution in [0.25, 0.3) is 0 Å². The van der Waals surface area contributed by atoms with Crippen LogP contribution in [0.4, 0.5) is 0 Å². The average molecular weight is 389 g/mol. The van der Waals surface area contributed by atoms with Gasteiger partial charge in [0.05, 0.1) is 5.41 Å². The van der Waals surface area contributed by atoms with Gasteiger partial charge in [-0.2, -0.15) is 0 Å². The quantitative estimate of drug-likeness (QED) is 0.288. The van der Waals surface area contributed by atoms with Gasteiger partial charge in [0.15, 0.2) is 0 Å². The highest BCUT2D eigenvalue weighted by molar-refractivity contribution is 5.74. The molecule has 0 aliphatic heterocycles. The number of carbonyl (C=O) groups is 2. The fourth-order valence-electron chi connectivity index (χ4n) is 3.02. The van der Waals surface area contributed by atoms with E-state index >= 15 is 0 Å². The zero-order valence-electron chi connectivity index (χ0n) is 17.3. The zero-order chi connectivity index (χ0) is 20.4. The van der Waals surface area contributed by atoms with E-state index in [2.05, 4.69) is 13.8 Å². The molecular weight excluding hydrogens is 348 g/mol. The van der Waals surface area contributed by atoms with Crippen LogP contribution in [0.2, 0.25) is 0 Å². The Hall–Kier alpha value is -1.14. The standard InChI is InChI=1S/C21H40O6/c1-3-5-15-26-17-13-21(20(24)25,14-18-27-16-6-4-2)12-10-8-7-9-11-19(22)23/h3-18H2,1-2H3,(H,22,23)(H,24,25). The van der Waals surface area contributed by atoms with Crippen molar-refractivity contribution in [3.05, 3.63) is 0 Å². The molecule has 160 valence electrons. The summed E-state index contributed by atoms with van der Waals surface area (Å²) < 4.78 is 11.3. The summed E-state index contributed by atoms with van der Waals surface area (Å²) in [5.41, 5.74) is -0.814. The number of aliphatic carboxylic acids is 2. The minimum Gasteiger partial charge on any atom is -0.481 e.